The molecule has 0 spiro atoms. The number of aromatic nitrogens is 4. The Labute approximate surface area is 136 Å². The summed E-state index contributed by atoms with van der Waals surface area (Å²) in [7, 11) is 2.97. The average Bonchev–Trinajstić information content (AvgIpc) is 2.95. The quantitative estimate of drug-likeness (QED) is 0.769. The number of aryl methyl sites for hydroxylation is 1. The maximum atomic E-state index is 12.3. The van der Waals surface area contributed by atoms with E-state index >= 15 is 0 Å². The van der Waals surface area contributed by atoms with Crippen LogP contribution in [0.5, 0.6) is 0 Å². The van der Waals surface area contributed by atoms with Crippen molar-refractivity contribution < 1.29 is 5.11 Å². The van der Waals surface area contributed by atoms with E-state index in [0.717, 1.165) is 4.57 Å². The van der Waals surface area contributed by atoms with Gasteiger partial charge in [-0.2, -0.15) is 0 Å². The molecule has 0 fully saturated rings. The lowest BCUT2D eigenvalue weighted by Crippen LogP contribution is -2.37. The summed E-state index contributed by atoms with van der Waals surface area (Å²) < 4.78 is 3.88. The molecule has 2 heterocycles. The fourth-order valence-electron chi connectivity index (χ4n) is 2.51. The highest BCUT2D eigenvalue weighted by Gasteiger charge is 2.17. The highest BCUT2D eigenvalue weighted by molar-refractivity contribution is 6.30. The van der Waals surface area contributed by atoms with Crippen molar-refractivity contribution in [2.24, 2.45) is 14.1 Å². The SMILES string of the molecule is Cn1c(=O)c2c(ncn2C[C@H](O)c2ccc(Cl)cc2)n(C)c1=O. The smallest absolute Gasteiger partial charge is 0.332 e. The zero-order valence-corrected chi connectivity index (χ0v) is 13.4. The van der Waals surface area contributed by atoms with E-state index in [0.29, 0.717) is 16.2 Å². The van der Waals surface area contributed by atoms with E-state index in [9.17, 15) is 14.7 Å². The van der Waals surface area contributed by atoms with Crippen molar-refractivity contribution in [2.75, 3.05) is 0 Å². The molecule has 23 heavy (non-hydrogen) atoms. The van der Waals surface area contributed by atoms with Crippen LogP contribution in [-0.4, -0.2) is 23.8 Å². The van der Waals surface area contributed by atoms with Gasteiger partial charge in [-0.05, 0) is 17.7 Å². The van der Waals surface area contributed by atoms with Crippen molar-refractivity contribution >= 4 is 22.8 Å². The fraction of sp³-hybridized carbons (Fsp3) is 0.267. The molecule has 1 N–H and O–H groups in total. The minimum Gasteiger partial charge on any atom is -0.387 e. The van der Waals surface area contributed by atoms with Crippen LogP contribution in [0.2, 0.25) is 5.02 Å². The van der Waals surface area contributed by atoms with Gasteiger partial charge in [-0.25, -0.2) is 9.78 Å². The van der Waals surface area contributed by atoms with Gasteiger partial charge in [-0.3, -0.25) is 13.9 Å². The molecule has 0 unspecified atom stereocenters. The van der Waals surface area contributed by atoms with Crippen LogP contribution in [0.4, 0.5) is 0 Å². The van der Waals surface area contributed by atoms with Crippen LogP contribution in [0.3, 0.4) is 0 Å². The second kappa shape index (κ2) is 5.68. The van der Waals surface area contributed by atoms with Gasteiger partial charge in [-0.15, -0.1) is 0 Å². The maximum Gasteiger partial charge on any atom is 0.332 e. The summed E-state index contributed by atoms with van der Waals surface area (Å²) >= 11 is 5.83. The molecule has 0 saturated carbocycles. The molecule has 120 valence electrons. The van der Waals surface area contributed by atoms with Crippen LogP contribution in [0.1, 0.15) is 11.7 Å². The van der Waals surface area contributed by atoms with Crippen molar-refractivity contribution in [3.63, 3.8) is 0 Å². The van der Waals surface area contributed by atoms with E-state index in [-0.39, 0.29) is 12.1 Å². The molecule has 0 radical (unpaired) electrons. The van der Waals surface area contributed by atoms with E-state index in [2.05, 4.69) is 4.98 Å². The predicted molar refractivity (Wildman–Crippen MR) is 86.6 cm³/mol. The molecule has 1 atom stereocenters. The highest BCUT2D eigenvalue weighted by atomic mass is 35.5. The predicted octanol–water partition coefficient (Wildman–Crippen LogP) is 0.821. The first-order valence-electron chi connectivity index (χ1n) is 6.94. The topological polar surface area (TPSA) is 82.0 Å². The number of nitrogens with zero attached hydrogens (tertiary/aromatic N) is 4. The molecule has 0 aliphatic carbocycles. The Morgan fingerprint density at radius 2 is 1.83 bits per heavy atom. The van der Waals surface area contributed by atoms with Crippen molar-refractivity contribution in [3.05, 3.63) is 62.0 Å². The molecule has 0 saturated heterocycles. The van der Waals surface area contributed by atoms with Gasteiger partial charge < -0.3 is 9.67 Å². The van der Waals surface area contributed by atoms with E-state index < -0.39 is 17.4 Å². The van der Waals surface area contributed by atoms with Crippen LogP contribution < -0.4 is 11.2 Å². The third-order valence-electron chi connectivity index (χ3n) is 3.84. The lowest BCUT2D eigenvalue weighted by molar-refractivity contribution is 0.158. The van der Waals surface area contributed by atoms with Gasteiger partial charge in [0, 0.05) is 19.1 Å². The van der Waals surface area contributed by atoms with Crippen molar-refractivity contribution in [2.45, 2.75) is 12.6 Å². The number of halogens is 1. The maximum absolute atomic E-state index is 12.3. The Bertz CT molecular complexity index is 985. The first-order valence-corrected chi connectivity index (χ1v) is 7.32. The second-order valence-electron chi connectivity index (χ2n) is 5.34. The number of hydrogen-bond donors (Lipinski definition) is 1. The number of imidazole rings is 1. The van der Waals surface area contributed by atoms with Gasteiger partial charge in [0.25, 0.3) is 5.56 Å². The highest BCUT2D eigenvalue weighted by Crippen LogP contribution is 2.19. The fourth-order valence-corrected chi connectivity index (χ4v) is 2.64. The summed E-state index contributed by atoms with van der Waals surface area (Å²) in [5, 5.41) is 10.9. The molecular formula is C15H15ClN4O3. The third-order valence-corrected chi connectivity index (χ3v) is 4.09. The van der Waals surface area contributed by atoms with E-state index in [1.807, 2.05) is 0 Å². The Kier molecular flexibility index (Phi) is 3.83. The Hall–Kier alpha value is -2.38. The Balaban J connectivity index is 2.06. The van der Waals surface area contributed by atoms with Crippen LogP contribution >= 0.6 is 11.6 Å². The van der Waals surface area contributed by atoms with Crippen molar-refractivity contribution in [3.8, 4) is 0 Å². The van der Waals surface area contributed by atoms with Crippen LogP contribution in [-0.2, 0) is 20.6 Å². The normalized spacial score (nSPS) is 12.7. The van der Waals surface area contributed by atoms with Gasteiger partial charge >= 0.3 is 5.69 Å². The van der Waals surface area contributed by atoms with Crippen molar-refractivity contribution in [1.29, 1.82) is 0 Å². The van der Waals surface area contributed by atoms with Gasteiger partial charge in [0.15, 0.2) is 11.2 Å². The number of aliphatic hydroxyl groups excluding tert-OH is 1. The summed E-state index contributed by atoms with van der Waals surface area (Å²) in [4.78, 5) is 28.4. The summed E-state index contributed by atoms with van der Waals surface area (Å²) in [6.07, 6.45) is 0.622. The number of aliphatic hydroxyl groups is 1. The largest absolute Gasteiger partial charge is 0.387 e. The minimum absolute atomic E-state index is 0.144. The lowest BCUT2D eigenvalue weighted by Gasteiger charge is -2.13. The van der Waals surface area contributed by atoms with Gasteiger partial charge in [-0.1, -0.05) is 23.7 Å². The van der Waals surface area contributed by atoms with Crippen LogP contribution in [0.15, 0.2) is 40.2 Å². The van der Waals surface area contributed by atoms with E-state index in [1.165, 1.54) is 17.9 Å². The van der Waals surface area contributed by atoms with Crippen LogP contribution in [0.25, 0.3) is 11.2 Å². The van der Waals surface area contributed by atoms with E-state index in [1.54, 1.807) is 35.9 Å². The number of fused-ring (bicyclic) bond motifs is 1. The van der Waals surface area contributed by atoms with E-state index in [4.69, 9.17) is 11.6 Å². The zero-order chi connectivity index (χ0) is 16.7. The number of rotatable bonds is 3. The molecule has 7 nitrogen and oxygen atoms in total. The van der Waals surface area contributed by atoms with Crippen LogP contribution in [0, 0.1) is 0 Å². The summed E-state index contributed by atoms with van der Waals surface area (Å²) in [6.45, 7) is 0.144. The van der Waals surface area contributed by atoms with Gasteiger partial charge in [0.1, 0.15) is 0 Å². The second-order valence-corrected chi connectivity index (χ2v) is 5.78. The Morgan fingerprint density at radius 3 is 2.48 bits per heavy atom. The lowest BCUT2D eigenvalue weighted by atomic mass is 10.1. The van der Waals surface area contributed by atoms with Gasteiger partial charge in [0.05, 0.1) is 19.0 Å². The molecule has 0 aliphatic heterocycles. The molecule has 1 aromatic carbocycles. The summed E-state index contributed by atoms with van der Waals surface area (Å²) in [6, 6.07) is 6.82. The molecule has 0 bridgehead atoms. The standard InChI is InChI=1S/C15H15ClN4O3/c1-18-13-12(14(22)19(2)15(18)23)20(8-17-13)7-11(21)9-3-5-10(16)6-4-9/h3-6,8,11,21H,7H2,1-2H3/t11-/m0/s1. The molecule has 0 aliphatic rings. The molecule has 3 aromatic rings. The third kappa shape index (κ3) is 2.58. The summed E-state index contributed by atoms with van der Waals surface area (Å²) in [5.74, 6) is 0. The summed E-state index contributed by atoms with van der Waals surface area (Å²) in [5.41, 5.74) is 0.372. The first-order chi connectivity index (χ1) is 10.9. The Morgan fingerprint density at radius 1 is 1.17 bits per heavy atom. The molecule has 3 rings (SSSR count). The first kappa shape index (κ1) is 15.5. The number of hydrogen-bond acceptors (Lipinski definition) is 4. The molecule has 2 aromatic heterocycles. The average molecular weight is 335 g/mol. The zero-order valence-electron chi connectivity index (χ0n) is 12.6. The molecule has 0 amide bonds. The molecule has 8 heteroatoms. The molecular weight excluding hydrogens is 320 g/mol. The number of benzene rings is 1. The minimum atomic E-state index is -0.827. The monoisotopic (exact) mass is 334 g/mol. The van der Waals surface area contributed by atoms with Gasteiger partial charge in [0.2, 0.25) is 0 Å². The van der Waals surface area contributed by atoms with Crippen molar-refractivity contribution in [1.82, 2.24) is 18.7 Å².